The van der Waals surface area contributed by atoms with Crippen LogP contribution in [0.2, 0.25) is 0 Å². The van der Waals surface area contributed by atoms with Gasteiger partial charge < -0.3 is 4.74 Å². The van der Waals surface area contributed by atoms with Crippen LogP contribution in [-0.2, 0) is 0 Å². The van der Waals surface area contributed by atoms with Crippen molar-refractivity contribution >= 4 is 17.5 Å². The van der Waals surface area contributed by atoms with Gasteiger partial charge in [0.1, 0.15) is 12.1 Å². The van der Waals surface area contributed by atoms with Crippen LogP contribution in [0.5, 0.6) is 5.75 Å². The first-order valence-electron chi connectivity index (χ1n) is 8.28. The molecule has 134 valence electrons. The molecule has 0 saturated heterocycles. The van der Waals surface area contributed by atoms with E-state index in [1.54, 1.807) is 13.4 Å². The largest absolute Gasteiger partial charge is 0.495 e. The Morgan fingerprint density at radius 1 is 1.15 bits per heavy atom. The lowest BCUT2D eigenvalue weighted by Gasteiger charge is -2.12. The molecule has 0 fully saturated rings. The third-order valence-corrected chi connectivity index (χ3v) is 5.09. The SMILES string of the molecule is COc1ccccc1-n1cnnc1SCC(=O)c1c(C)cc(C)cc1C. The zero-order chi connectivity index (χ0) is 18.7. The maximum Gasteiger partial charge on any atom is 0.196 e. The van der Waals surface area contributed by atoms with Crippen molar-refractivity contribution in [3.63, 3.8) is 0 Å². The molecule has 0 bridgehead atoms. The Labute approximate surface area is 157 Å². The molecule has 0 amide bonds. The van der Waals surface area contributed by atoms with Crippen molar-refractivity contribution in [2.24, 2.45) is 0 Å². The summed E-state index contributed by atoms with van der Waals surface area (Å²) >= 11 is 1.38. The molecule has 3 rings (SSSR count). The van der Waals surface area contributed by atoms with Crippen LogP contribution in [0.4, 0.5) is 0 Å². The van der Waals surface area contributed by atoms with Gasteiger partial charge in [-0.15, -0.1) is 10.2 Å². The fraction of sp³-hybridized carbons (Fsp3) is 0.250. The van der Waals surface area contributed by atoms with E-state index in [4.69, 9.17) is 4.74 Å². The molecule has 0 spiro atoms. The van der Waals surface area contributed by atoms with Gasteiger partial charge >= 0.3 is 0 Å². The van der Waals surface area contributed by atoms with Gasteiger partial charge in [-0.05, 0) is 44.0 Å². The number of benzene rings is 2. The summed E-state index contributed by atoms with van der Waals surface area (Å²) in [6.07, 6.45) is 1.63. The van der Waals surface area contributed by atoms with Gasteiger partial charge in [0.25, 0.3) is 0 Å². The summed E-state index contributed by atoms with van der Waals surface area (Å²) in [6.45, 7) is 6.00. The third kappa shape index (κ3) is 3.65. The molecular weight excluding hydrogens is 346 g/mol. The lowest BCUT2D eigenvalue weighted by Crippen LogP contribution is -2.09. The highest BCUT2D eigenvalue weighted by molar-refractivity contribution is 7.99. The Morgan fingerprint density at radius 3 is 2.54 bits per heavy atom. The molecule has 0 unspecified atom stereocenters. The molecule has 3 aromatic rings. The van der Waals surface area contributed by atoms with Crippen LogP contribution in [0.25, 0.3) is 5.69 Å². The molecule has 5 nitrogen and oxygen atoms in total. The van der Waals surface area contributed by atoms with Crippen LogP contribution < -0.4 is 4.74 Å². The van der Waals surface area contributed by atoms with Crippen LogP contribution in [0.15, 0.2) is 47.9 Å². The number of thioether (sulfide) groups is 1. The average molecular weight is 367 g/mol. The molecule has 0 N–H and O–H groups in total. The number of para-hydroxylation sites is 2. The minimum atomic E-state index is 0.0968. The highest BCUT2D eigenvalue weighted by Crippen LogP contribution is 2.27. The van der Waals surface area contributed by atoms with E-state index < -0.39 is 0 Å². The van der Waals surface area contributed by atoms with E-state index in [1.807, 2.05) is 61.7 Å². The van der Waals surface area contributed by atoms with Crippen LogP contribution in [0.1, 0.15) is 27.0 Å². The van der Waals surface area contributed by atoms with Crippen molar-refractivity contribution in [3.8, 4) is 11.4 Å². The van der Waals surface area contributed by atoms with E-state index in [0.29, 0.717) is 10.9 Å². The number of aromatic nitrogens is 3. The summed E-state index contributed by atoms with van der Waals surface area (Å²) < 4.78 is 7.25. The minimum absolute atomic E-state index is 0.0968. The number of carbonyl (C=O) groups is 1. The van der Waals surface area contributed by atoms with Crippen LogP contribution in [0.3, 0.4) is 0 Å². The number of hydrogen-bond acceptors (Lipinski definition) is 5. The quantitative estimate of drug-likeness (QED) is 0.483. The highest BCUT2D eigenvalue weighted by atomic mass is 32.2. The van der Waals surface area contributed by atoms with Gasteiger partial charge in [-0.3, -0.25) is 9.36 Å². The first-order chi connectivity index (χ1) is 12.5. The molecule has 0 atom stereocenters. The predicted octanol–water partition coefficient (Wildman–Crippen LogP) is 4.18. The number of carbonyl (C=O) groups excluding carboxylic acids is 1. The number of Topliss-reactive ketones (excluding diaryl/α,β-unsaturated/α-hetero) is 1. The smallest absolute Gasteiger partial charge is 0.196 e. The van der Waals surface area contributed by atoms with Gasteiger partial charge in [0.2, 0.25) is 0 Å². The number of ether oxygens (including phenoxy) is 1. The van der Waals surface area contributed by atoms with Crippen molar-refractivity contribution in [2.45, 2.75) is 25.9 Å². The second-order valence-electron chi connectivity index (χ2n) is 6.14. The van der Waals surface area contributed by atoms with E-state index in [1.165, 1.54) is 17.3 Å². The second-order valence-corrected chi connectivity index (χ2v) is 7.08. The Hall–Kier alpha value is -2.60. The maximum atomic E-state index is 12.8. The summed E-state index contributed by atoms with van der Waals surface area (Å²) in [6, 6.07) is 11.7. The summed E-state index contributed by atoms with van der Waals surface area (Å²) in [4.78, 5) is 12.8. The summed E-state index contributed by atoms with van der Waals surface area (Å²) in [5.41, 5.74) is 4.84. The first-order valence-corrected chi connectivity index (χ1v) is 9.27. The maximum absolute atomic E-state index is 12.8. The molecule has 1 aromatic heterocycles. The van der Waals surface area contributed by atoms with Gasteiger partial charge in [-0.1, -0.05) is 41.6 Å². The van der Waals surface area contributed by atoms with Gasteiger partial charge in [0.05, 0.1) is 18.6 Å². The second kappa shape index (κ2) is 7.74. The minimum Gasteiger partial charge on any atom is -0.495 e. The first kappa shape index (κ1) is 18.2. The number of aryl methyl sites for hydroxylation is 3. The van der Waals surface area contributed by atoms with Crippen molar-refractivity contribution < 1.29 is 9.53 Å². The zero-order valence-electron chi connectivity index (χ0n) is 15.3. The molecule has 6 heteroatoms. The summed E-state index contributed by atoms with van der Waals surface area (Å²) in [5.74, 6) is 1.13. The van der Waals surface area contributed by atoms with Crippen molar-refractivity contribution in [1.29, 1.82) is 0 Å². The number of methoxy groups -OCH3 is 1. The predicted molar refractivity (Wildman–Crippen MR) is 104 cm³/mol. The van der Waals surface area contributed by atoms with Crippen molar-refractivity contribution in [2.75, 3.05) is 12.9 Å². The Kier molecular flexibility index (Phi) is 5.42. The zero-order valence-corrected chi connectivity index (χ0v) is 16.1. The van der Waals surface area contributed by atoms with E-state index in [0.717, 1.165) is 28.1 Å². The molecule has 0 radical (unpaired) electrons. The fourth-order valence-corrected chi connectivity index (χ4v) is 3.93. The van der Waals surface area contributed by atoms with Gasteiger partial charge in [0.15, 0.2) is 10.9 Å². The molecule has 1 heterocycles. The fourth-order valence-electron chi connectivity index (χ4n) is 3.14. The lowest BCUT2D eigenvalue weighted by atomic mass is 9.97. The molecule has 0 aliphatic carbocycles. The number of ketones is 1. The van der Waals surface area contributed by atoms with E-state index in [2.05, 4.69) is 10.2 Å². The monoisotopic (exact) mass is 367 g/mol. The number of hydrogen-bond donors (Lipinski definition) is 0. The molecular formula is C20H21N3O2S. The topological polar surface area (TPSA) is 57.0 Å². The van der Waals surface area contributed by atoms with E-state index >= 15 is 0 Å². The lowest BCUT2D eigenvalue weighted by molar-refractivity contribution is 0.102. The molecule has 0 aliphatic heterocycles. The van der Waals surface area contributed by atoms with Gasteiger partial charge in [-0.25, -0.2) is 0 Å². The highest BCUT2D eigenvalue weighted by Gasteiger charge is 2.16. The van der Waals surface area contributed by atoms with Gasteiger partial charge in [-0.2, -0.15) is 0 Å². The van der Waals surface area contributed by atoms with E-state index in [9.17, 15) is 4.79 Å². The number of rotatable bonds is 6. The van der Waals surface area contributed by atoms with Crippen LogP contribution in [0, 0.1) is 20.8 Å². The Balaban J connectivity index is 1.82. The van der Waals surface area contributed by atoms with Crippen molar-refractivity contribution in [1.82, 2.24) is 14.8 Å². The third-order valence-electron chi connectivity index (χ3n) is 4.15. The molecule has 2 aromatic carbocycles. The van der Waals surface area contributed by atoms with E-state index in [-0.39, 0.29) is 5.78 Å². The normalized spacial score (nSPS) is 10.8. The van der Waals surface area contributed by atoms with Gasteiger partial charge in [0, 0.05) is 5.56 Å². The Bertz CT molecular complexity index is 927. The van der Waals surface area contributed by atoms with Crippen LogP contribution in [-0.4, -0.2) is 33.4 Å². The summed E-state index contributed by atoms with van der Waals surface area (Å²) in [5, 5.41) is 8.81. The molecule has 0 saturated carbocycles. The Morgan fingerprint density at radius 2 is 1.85 bits per heavy atom. The standard InChI is InChI=1S/C20H21N3O2S/c1-13-9-14(2)19(15(3)10-13)17(24)11-26-20-22-21-12-23(20)16-7-5-6-8-18(16)25-4/h5-10,12H,11H2,1-4H3. The van der Waals surface area contributed by atoms with Crippen LogP contribution >= 0.6 is 11.8 Å². The number of nitrogens with zero attached hydrogens (tertiary/aromatic N) is 3. The van der Waals surface area contributed by atoms with Crippen molar-refractivity contribution in [3.05, 3.63) is 65.0 Å². The summed E-state index contributed by atoms with van der Waals surface area (Å²) in [7, 11) is 1.63. The molecule has 0 aliphatic rings. The average Bonchev–Trinajstić information content (AvgIpc) is 3.07. The molecule has 26 heavy (non-hydrogen) atoms.